The van der Waals surface area contributed by atoms with Crippen molar-refractivity contribution in [3.8, 4) is 11.5 Å². The number of thioether (sulfide) groups is 1. The van der Waals surface area contributed by atoms with Crippen LogP contribution in [0.25, 0.3) is 0 Å². The Hall–Kier alpha value is -3.03. The Morgan fingerprint density at radius 1 is 1.11 bits per heavy atom. The Balaban J connectivity index is 1.51. The molecule has 0 unspecified atom stereocenters. The number of ether oxygens (including phenoxy) is 3. The minimum atomic E-state index is -0.986. The van der Waals surface area contributed by atoms with Gasteiger partial charge in [0, 0.05) is 17.6 Å². The molecule has 0 saturated carbocycles. The van der Waals surface area contributed by atoms with Gasteiger partial charge in [-0.2, -0.15) is 4.89 Å². The number of esters is 1. The van der Waals surface area contributed by atoms with Gasteiger partial charge in [-0.15, -0.1) is 11.8 Å². The lowest BCUT2D eigenvalue weighted by atomic mass is 9.96. The molecule has 1 aromatic rings. The van der Waals surface area contributed by atoms with Gasteiger partial charge >= 0.3 is 11.9 Å². The number of methoxy groups -OCH3 is 2. The smallest absolute Gasteiger partial charge is 0.307 e. The number of hydrogen-bond acceptors (Lipinski definition) is 10. The summed E-state index contributed by atoms with van der Waals surface area (Å²) in [7, 11) is 2.90. The second-order valence-electron chi connectivity index (χ2n) is 8.65. The van der Waals surface area contributed by atoms with Crippen LogP contribution in [0.2, 0.25) is 0 Å². The van der Waals surface area contributed by atoms with E-state index >= 15 is 0 Å². The van der Waals surface area contributed by atoms with E-state index in [2.05, 4.69) is 5.32 Å². The fourth-order valence-electron chi connectivity index (χ4n) is 4.06. The van der Waals surface area contributed by atoms with Crippen molar-refractivity contribution in [2.24, 2.45) is 0 Å². The van der Waals surface area contributed by atoms with E-state index in [0.29, 0.717) is 11.5 Å². The molecule has 12 nitrogen and oxygen atoms in total. The number of β-lactam (4-membered cyclic amide) rings is 1. The number of carboxylic acid groups (broad SMARTS) is 1. The van der Waals surface area contributed by atoms with Gasteiger partial charge in [0.1, 0.15) is 35.1 Å². The molecule has 3 rings (SSSR count). The van der Waals surface area contributed by atoms with E-state index in [0.717, 1.165) is 0 Å². The molecular weight excluding hydrogens is 496 g/mol. The summed E-state index contributed by atoms with van der Waals surface area (Å²) >= 11 is 1.53. The van der Waals surface area contributed by atoms with Gasteiger partial charge in [0.15, 0.2) is 0 Å². The topological polar surface area (TPSA) is 150 Å². The van der Waals surface area contributed by atoms with Gasteiger partial charge in [0.25, 0.3) is 5.91 Å². The minimum absolute atomic E-state index is 0.0276. The molecule has 2 fully saturated rings. The van der Waals surface area contributed by atoms with Gasteiger partial charge < -0.3 is 29.5 Å². The molecule has 0 aromatic heterocycles. The molecule has 0 aliphatic carbocycles. The predicted octanol–water partition coefficient (Wildman–Crippen LogP) is 1.57. The minimum Gasteiger partial charge on any atom is -0.496 e. The number of carboxylic acids is 1. The van der Waals surface area contributed by atoms with Crippen molar-refractivity contribution in [1.82, 2.24) is 10.2 Å². The van der Waals surface area contributed by atoms with Crippen LogP contribution in [0, 0.1) is 0 Å². The second-order valence-corrected chi connectivity index (χ2v) is 10.4. The van der Waals surface area contributed by atoms with Crippen LogP contribution in [-0.2, 0) is 28.9 Å². The zero-order valence-corrected chi connectivity index (χ0v) is 21.3. The van der Waals surface area contributed by atoms with E-state index in [-0.39, 0.29) is 48.8 Å². The summed E-state index contributed by atoms with van der Waals surface area (Å²) in [5, 5.41) is 11.1. The van der Waals surface area contributed by atoms with Crippen LogP contribution < -0.4 is 14.8 Å². The normalized spacial score (nSPS) is 21.8. The molecule has 198 valence electrons. The molecule has 3 atom stereocenters. The van der Waals surface area contributed by atoms with E-state index < -0.39 is 35.4 Å². The van der Waals surface area contributed by atoms with Gasteiger partial charge in [0.05, 0.1) is 20.3 Å². The summed E-state index contributed by atoms with van der Waals surface area (Å²) in [5.41, 5.74) is 0.210. The molecule has 2 saturated heterocycles. The first-order valence-corrected chi connectivity index (χ1v) is 12.1. The zero-order chi connectivity index (χ0) is 26.5. The number of fused-ring (bicyclic) bond motifs is 1. The molecule has 2 aliphatic rings. The summed E-state index contributed by atoms with van der Waals surface area (Å²) < 4.78 is 15.0. The lowest BCUT2D eigenvalue weighted by Gasteiger charge is -2.44. The van der Waals surface area contributed by atoms with Crippen LogP contribution in [0.1, 0.15) is 43.5 Å². The molecule has 13 heteroatoms. The number of nitrogens with zero attached hydrogens (tertiary/aromatic N) is 1. The quantitative estimate of drug-likeness (QED) is 0.0963. The van der Waals surface area contributed by atoms with Crippen molar-refractivity contribution in [2.75, 3.05) is 27.6 Å². The fourth-order valence-corrected chi connectivity index (χ4v) is 5.71. The fraction of sp³-hybridized carbons (Fsp3) is 0.565. The number of benzene rings is 1. The van der Waals surface area contributed by atoms with E-state index in [1.165, 1.54) is 26.0 Å². The summed E-state index contributed by atoms with van der Waals surface area (Å²) in [6, 6.07) is 3.91. The highest BCUT2D eigenvalue weighted by Gasteiger charge is 2.62. The third-order valence-corrected chi connectivity index (χ3v) is 7.55. The van der Waals surface area contributed by atoms with Gasteiger partial charge in [-0.3, -0.25) is 19.2 Å². The van der Waals surface area contributed by atoms with Crippen molar-refractivity contribution in [2.45, 2.75) is 55.3 Å². The van der Waals surface area contributed by atoms with Crippen LogP contribution in [0.3, 0.4) is 0 Å². The first-order valence-electron chi connectivity index (χ1n) is 11.2. The summed E-state index contributed by atoms with van der Waals surface area (Å²) in [6.45, 7) is 3.49. The predicted molar refractivity (Wildman–Crippen MR) is 126 cm³/mol. The highest BCUT2D eigenvalue weighted by molar-refractivity contribution is 8.01. The van der Waals surface area contributed by atoms with Crippen molar-refractivity contribution < 1.29 is 48.3 Å². The Morgan fingerprint density at radius 2 is 1.78 bits per heavy atom. The molecule has 2 N–H and O–H groups in total. The Labute approximate surface area is 212 Å². The van der Waals surface area contributed by atoms with Crippen molar-refractivity contribution in [3.63, 3.8) is 0 Å². The molecule has 2 heterocycles. The maximum absolute atomic E-state index is 13.0. The molecule has 2 aliphatic heterocycles. The third-order valence-electron chi connectivity index (χ3n) is 5.93. The lowest BCUT2D eigenvalue weighted by Crippen LogP contribution is -2.70. The van der Waals surface area contributed by atoms with Gasteiger partial charge in [-0.1, -0.05) is 6.07 Å². The first kappa shape index (κ1) is 27.6. The van der Waals surface area contributed by atoms with Crippen molar-refractivity contribution in [3.05, 3.63) is 23.8 Å². The summed E-state index contributed by atoms with van der Waals surface area (Å²) in [5.74, 6) is -1.64. The number of hydrogen-bond donors (Lipinski definition) is 2. The Morgan fingerprint density at radius 3 is 2.39 bits per heavy atom. The molecule has 36 heavy (non-hydrogen) atoms. The van der Waals surface area contributed by atoms with Crippen LogP contribution in [0.4, 0.5) is 0 Å². The molecule has 0 spiro atoms. The average molecular weight is 527 g/mol. The summed E-state index contributed by atoms with van der Waals surface area (Å²) in [4.78, 5) is 59.8. The maximum Gasteiger partial charge on any atom is 0.307 e. The monoisotopic (exact) mass is 526 g/mol. The maximum atomic E-state index is 13.0. The van der Waals surface area contributed by atoms with Crippen molar-refractivity contribution >= 4 is 35.5 Å². The largest absolute Gasteiger partial charge is 0.496 e. The Bertz CT molecular complexity index is 979. The highest BCUT2D eigenvalue weighted by Crippen LogP contribution is 2.51. The standard InChI is InChI=1S/C23H30N2O10S/c1-23(2)15(11-34-35-12-33-17(28)10-6-9-16(26)27)25-21(30)19(22(25)36-23)24-20(29)18-13(31-3)7-5-8-14(18)32-4/h5,7-8,15,19,22H,6,9-12H2,1-4H3,(H,24,29)(H,26,27)/t15-,19+,22+/m0/s1. The van der Waals surface area contributed by atoms with Crippen LogP contribution >= 0.6 is 11.8 Å². The number of amides is 2. The molecular formula is C23H30N2O10S. The van der Waals surface area contributed by atoms with Crippen LogP contribution in [0.5, 0.6) is 11.5 Å². The van der Waals surface area contributed by atoms with Crippen LogP contribution in [-0.4, -0.2) is 83.6 Å². The van der Waals surface area contributed by atoms with Gasteiger partial charge in [0.2, 0.25) is 12.7 Å². The van der Waals surface area contributed by atoms with Gasteiger partial charge in [-0.25, -0.2) is 4.89 Å². The second kappa shape index (κ2) is 11.8. The van der Waals surface area contributed by atoms with E-state index in [4.69, 9.17) is 29.1 Å². The van der Waals surface area contributed by atoms with E-state index in [1.54, 1.807) is 23.1 Å². The van der Waals surface area contributed by atoms with E-state index in [9.17, 15) is 19.2 Å². The first-order chi connectivity index (χ1) is 17.1. The number of carbonyl (C=O) groups is 4. The lowest BCUT2D eigenvalue weighted by molar-refractivity contribution is -0.336. The number of carbonyl (C=O) groups excluding carboxylic acids is 3. The summed E-state index contributed by atoms with van der Waals surface area (Å²) in [6.07, 6.45) is 0.00205. The highest BCUT2D eigenvalue weighted by atomic mass is 32.2. The molecule has 0 radical (unpaired) electrons. The molecule has 0 bridgehead atoms. The molecule has 2 amide bonds. The average Bonchev–Trinajstić information content (AvgIpc) is 3.08. The number of nitrogens with one attached hydrogen (secondary N) is 1. The third kappa shape index (κ3) is 6.02. The Kier molecular flexibility index (Phi) is 9.03. The van der Waals surface area contributed by atoms with Crippen molar-refractivity contribution in [1.29, 1.82) is 0 Å². The van der Waals surface area contributed by atoms with Crippen LogP contribution in [0.15, 0.2) is 18.2 Å². The zero-order valence-electron chi connectivity index (χ0n) is 20.5. The van der Waals surface area contributed by atoms with Gasteiger partial charge in [-0.05, 0) is 32.4 Å². The number of aliphatic carboxylic acids is 1. The SMILES string of the molecule is COc1cccc(OC)c1C(=O)N[C@@H]1C(=O)N2[C@@H]1SC(C)(C)[C@@H]2COOCOC(=O)CCCC(=O)O. The van der Waals surface area contributed by atoms with E-state index in [1.807, 2.05) is 13.8 Å². The molecule has 1 aromatic carbocycles. The number of rotatable bonds is 13.